The molecule has 0 radical (unpaired) electrons. The lowest BCUT2D eigenvalue weighted by molar-refractivity contribution is -0.140. The number of hydrogen-bond acceptors (Lipinski definition) is 1. The monoisotopic (exact) mass is 243 g/mol. The van der Waals surface area contributed by atoms with Crippen molar-refractivity contribution in [1.82, 2.24) is 4.98 Å². The topological polar surface area (TPSA) is 36.0 Å². The van der Waals surface area contributed by atoms with Crippen molar-refractivity contribution < 1.29 is 18.3 Å². The summed E-state index contributed by atoms with van der Waals surface area (Å²) in [5.74, 6) is 0. The Kier molecular flexibility index (Phi) is 2.87. The van der Waals surface area contributed by atoms with Gasteiger partial charge in [-0.1, -0.05) is 6.07 Å². The van der Waals surface area contributed by atoms with E-state index in [2.05, 4.69) is 4.98 Å². The molecule has 1 atom stereocenters. The van der Waals surface area contributed by atoms with E-state index in [0.29, 0.717) is 17.3 Å². The van der Waals surface area contributed by atoms with E-state index in [0.717, 1.165) is 11.6 Å². The molecule has 0 bridgehead atoms. The summed E-state index contributed by atoms with van der Waals surface area (Å²) in [7, 11) is 0. The van der Waals surface area contributed by atoms with Crippen LogP contribution in [-0.2, 0) is 12.6 Å². The van der Waals surface area contributed by atoms with Gasteiger partial charge in [-0.05, 0) is 37.1 Å². The first-order valence-electron chi connectivity index (χ1n) is 5.23. The SMILES string of the molecule is CC(O)Cc1ccc2[nH]c(C(F)(F)F)cc2c1. The van der Waals surface area contributed by atoms with Crippen LogP contribution in [0.15, 0.2) is 24.3 Å². The molecule has 0 aliphatic carbocycles. The molecule has 5 heteroatoms. The Morgan fingerprint density at radius 3 is 2.59 bits per heavy atom. The van der Waals surface area contributed by atoms with Gasteiger partial charge in [0.2, 0.25) is 0 Å². The molecule has 0 spiro atoms. The number of aliphatic hydroxyl groups excluding tert-OH is 1. The fourth-order valence-corrected chi connectivity index (χ4v) is 1.80. The predicted octanol–water partition coefficient (Wildman–Crippen LogP) is 3.11. The number of fused-ring (bicyclic) bond motifs is 1. The molecule has 0 aliphatic heterocycles. The molecule has 1 aromatic heterocycles. The van der Waals surface area contributed by atoms with E-state index in [4.69, 9.17) is 0 Å². The number of nitrogens with one attached hydrogen (secondary N) is 1. The highest BCUT2D eigenvalue weighted by Crippen LogP contribution is 2.31. The molecule has 2 aromatic rings. The molecule has 2 N–H and O–H groups in total. The van der Waals surface area contributed by atoms with Crippen molar-refractivity contribution >= 4 is 10.9 Å². The van der Waals surface area contributed by atoms with Crippen LogP contribution in [0.1, 0.15) is 18.2 Å². The zero-order chi connectivity index (χ0) is 12.6. The molecule has 1 heterocycles. The lowest BCUT2D eigenvalue weighted by Gasteiger charge is -2.03. The van der Waals surface area contributed by atoms with Gasteiger partial charge in [-0.15, -0.1) is 0 Å². The van der Waals surface area contributed by atoms with Crippen LogP contribution in [0.2, 0.25) is 0 Å². The van der Waals surface area contributed by atoms with Crippen molar-refractivity contribution in [1.29, 1.82) is 0 Å². The summed E-state index contributed by atoms with van der Waals surface area (Å²) in [5.41, 5.74) is 0.522. The lowest BCUT2D eigenvalue weighted by atomic mass is 10.1. The van der Waals surface area contributed by atoms with Crippen LogP contribution in [-0.4, -0.2) is 16.2 Å². The van der Waals surface area contributed by atoms with Crippen molar-refractivity contribution in [2.24, 2.45) is 0 Å². The molecule has 2 rings (SSSR count). The molecule has 1 aromatic carbocycles. The fraction of sp³-hybridized carbons (Fsp3) is 0.333. The summed E-state index contributed by atoms with van der Waals surface area (Å²) >= 11 is 0. The Balaban J connectivity index is 2.41. The van der Waals surface area contributed by atoms with Gasteiger partial charge in [0.15, 0.2) is 0 Å². The maximum atomic E-state index is 12.5. The second-order valence-corrected chi connectivity index (χ2v) is 4.16. The molecule has 17 heavy (non-hydrogen) atoms. The molecule has 1 unspecified atom stereocenters. The number of alkyl halides is 3. The van der Waals surface area contributed by atoms with Crippen LogP contribution in [0.4, 0.5) is 13.2 Å². The fourth-order valence-electron chi connectivity index (χ4n) is 1.80. The number of benzene rings is 1. The van der Waals surface area contributed by atoms with Crippen molar-refractivity contribution in [2.45, 2.75) is 25.6 Å². The summed E-state index contributed by atoms with van der Waals surface area (Å²) in [6, 6.07) is 6.06. The van der Waals surface area contributed by atoms with Gasteiger partial charge in [0.05, 0.1) is 6.10 Å². The minimum absolute atomic E-state index is 0.433. The van der Waals surface area contributed by atoms with Crippen molar-refractivity contribution in [2.75, 3.05) is 0 Å². The number of aromatic nitrogens is 1. The Bertz CT molecular complexity index is 528. The normalized spacial score (nSPS) is 14.2. The first-order chi connectivity index (χ1) is 7.86. The Hall–Kier alpha value is -1.49. The predicted molar refractivity (Wildman–Crippen MR) is 58.7 cm³/mol. The van der Waals surface area contributed by atoms with E-state index in [-0.39, 0.29) is 0 Å². The van der Waals surface area contributed by atoms with Gasteiger partial charge in [0.1, 0.15) is 5.69 Å². The van der Waals surface area contributed by atoms with E-state index >= 15 is 0 Å². The minimum Gasteiger partial charge on any atom is -0.393 e. The van der Waals surface area contributed by atoms with Crippen LogP contribution in [0.3, 0.4) is 0 Å². The highest BCUT2D eigenvalue weighted by molar-refractivity contribution is 5.81. The summed E-state index contributed by atoms with van der Waals surface area (Å²) in [6.07, 6.45) is -4.43. The van der Waals surface area contributed by atoms with E-state index in [1.165, 1.54) is 0 Å². The first kappa shape index (κ1) is 12.0. The molecule has 0 amide bonds. The molecule has 92 valence electrons. The largest absolute Gasteiger partial charge is 0.431 e. The second-order valence-electron chi connectivity index (χ2n) is 4.16. The average Bonchev–Trinajstić information content (AvgIpc) is 2.58. The van der Waals surface area contributed by atoms with Gasteiger partial charge in [-0.2, -0.15) is 13.2 Å². The van der Waals surface area contributed by atoms with E-state index in [9.17, 15) is 18.3 Å². The van der Waals surface area contributed by atoms with Gasteiger partial charge in [-0.3, -0.25) is 0 Å². The standard InChI is InChI=1S/C12H12F3NO/c1-7(17)4-8-2-3-10-9(5-8)6-11(16-10)12(13,14)15/h2-3,5-7,16-17H,4H2,1H3. The molecular weight excluding hydrogens is 231 g/mol. The minimum atomic E-state index is -4.36. The van der Waals surface area contributed by atoms with E-state index in [1.54, 1.807) is 25.1 Å². The second kappa shape index (κ2) is 4.07. The molecule has 0 fully saturated rings. The van der Waals surface area contributed by atoms with Crippen LogP contribution < -0.4 is 0 Å². The Morgan fingerprint density at radius 1 is 1.29 bits per heavy atom. The van der Waals surface area contributed by atoms with Crippen molar-refractivity contribution in [3.63, 3.8) is 0 Å². The van der Waals surface area contributed by atoms with Gasteiger partial charge in [-0.25, -0.2) is 0 Å². The van der Waals surface area contributed by atoms with Gasteiger partial charge in [0.25, 0.3) is 0 Å². The molecule has 0 saturated carbocycles. The third-order valence-electron chi connectivity index (χ3n) is 2.52. The quantitative estimate of drug-likeness (QED) is 0.835. The first-order valence-corrected chi connectivity index (χ1v) is 5.23. The van der Waals surface area contributed by atoms with Crippen molar-refractivity contribution in [3.05, 3.63) is 35.5 Å². The third kappa shape index (κ3) is 2.61. The highest BCUT2D eigenvalue weighted by Gasteiger charge is 2.32. The number of aromatic amines is 1. The van der Waals surface area contributed by atoms with Crippen LogP contribution in [0.5, 0.6) is 0 Å². The highest BCUT2D eigenvalue weighted by atomic mass is 19.4. The Labute approximate surface area is 96.1 Å². The summed E-state index contributed by atoms with van der Waals surface area (Å²) in [4.78, 5) is 2.33. The smallest absolute Gasteiger partial charge is 0.393 e. The Morgan fingerprint density at radius 2 is 2.00 bits per heavy atom. The number of rotatable bonds is 2. The zero-order valence-electron chi connectivity index (χ0n) is 9.17. The molecule has 2 nitrogen and oxygen atoms in total. The number of H-pyrrole nitrogens is 1. The van der Waals surface area contributed by atoms with Crippen molar-refractivity contribution in [3.8, 4) is 0 Å². The zero-order valence-corrected chi connectivity index (χ0v) is 9.17. The molecule has 0 aliphatic rings. The summed E-state index contributed by atoms with van der Waals surface area (Å²) in [6.45, 7) is 1.64. The molecule has 0 saturated heterocycles. The molecular formula is C12H12F3NO. The van der Waals surface area contributed by atoms with Gasteiger partial charge >= 0.3 is 6.18 Å². The maximum absolute atomic E-state index is 12.5. The number of halogens is 3. The van der Waals surface area contributed by atoms with Gasteiger partial charge in [0, 0.05) is 10.9 Å². The van der Waals surface area contributed by atoms with E-state index < -0.39 is 18.0 Å². The van der Waals surface area contributed by atoms with Crippen LogP contribution in [0, 0.1) is 0 Å². The lowest BCUT2D eigenvalue weighted by Crippen LogP contribution is -2.04. The average molecular weight is 243 g/mol. The van der Waals surface area contributed by atoms with Crippen LogP contribution in [0.25, 0.3) is 10.9 Å². The van der Waals surface area contributed by atoms with Crippen LogP contribution >= 0.6 is 0 Å². The van der Waals surface area contributed by atoms with Gasteiger partial charge < -0.3 is 10.1 Å². The maximum Gasteiger partial charge on any atom is 0.431 e. The number of hydrogen-bond donors (Lipinski definition) is 2. The number of aliphatic hydroxyl groups is 1. The third-order valence-corrected chi connectivity index (χ3v) is 2.52. The summed E-state index contributed by atoms with van der Waals surface area (Å²) in [5, 5.41) is 9.73. The van der Waals surface area contributed by atoms with E-state index in [1.807, 2.05) is 0 Å². The summed E-state index contributed by atoms with van der Waals surface area (Å²) < 4.78 is 37.4.